The highest BCUT2D eigenvalue weighted by Gasteiger charge is 2.45. The Morgan fingerprint density at radius 1 is 1.08 bits per heavy atom. The summed E-state index contributed by atoms with van der Waals surface area (Å²) in [6.45, 7) is 11.3. The number of hydrogen-bond acceptors (Lipinski definition) is 5. The number of carbonyl (C=O) groups excluding carboxylic acids is 2. The summed E-state index contributed by atoms with van der Waals surface area (Å²) < 4.78 is 16.2. The second kappa shape index (κ2) is 9.18. The molecule has 0 heterocycles. The van der Waals surface area contributed by atoms with Crippen molar-refractivity contribution in [3.05, 3.63) is 12.2 Å². The lowest BCUT2D eigenvalue weighted by molar-refractivity contribution is -0.155. The molecule has 5 nitrogen and oxygen atoms in total. The van der Waals surface area contributed by atoms with Crippen LogP contribution >= 0.6 is 0 Å². The second-order valence-corrected chi connectivity index (χ2v) is 13.6. The molecule has 0 N–H and O–H groups in total. The zero-order valence-corrected chi connectivity index (χ0v) is 18.5. The molecule has 0 aromatic rings. The normalized spacial score (nSPS) is 24.5. The van der Waals surface area contributed by atoms with Gasteiger partial charge in [-0.05, 0) is 50.2 Å². The van der Waals surface area contributed by atoms with E-state index in [0.717, 1.165) is 25.7 Å². The minimum absolute atomic E-state index is 0.161. The smallest absolute Gasteiger partial charge is 0.312 e. The Balaban J connectivity index is 2.72. The fraction of sp³-hybridized carbons (Fsp3) is 0.800. The monoisotopic (exact) mass is 384 g/mol. The number of ether oxygens (including phenoxy) is 2. The van der Waals surface area contributed by atoms with Crippen molar-refractivity contribution in [1.29, 1.82) is 0 Å². The van der Waals surface area contributed by atoms with E-state index < -0.39 is 13.7 Å². The third-order valence-electron chi connectivity index (χ3n) is 5.96. The number of methoxy groups -OCH3 is 2. The highest BCUT2D eigenvalue weighted by atomic mass is 28.4. The highest BCUT2D eigenvalue weighted by molar-refractivity contribution is 6.74. The van der Waals surface area contributed by atoms with E-state index >= 15 is 0 Å². The Hall–Kier alpha value is -1.14. The van der Waals surface area contributed by atoms with Crippen molar-refractivity contribution in [2.75, 3.05) is 14.2 Å². The van der Waals surface area contributed by atoms with Crippen molar-refractivity contribution >= 4 is 20.3 Å². The predicted molar refractivity (Wildman–Crippen MR) is 105 cm³/mol. The minimum Gasteiger partial charge on any atom is -0.469 e. The summed E-state index contributed by atoms with van der Waals surface area (Å²) in [6.07, 6.45) is 7.95. The Kier molecular flexibility index (Phi) is 8.08. The van der Waals surface area contributed by atoms with Crippen LogP contribution in [-0.2, 0) is 23.5 Å². The highest BCUT2D eigenvalue weighted by Crippen LogP contribution is 2.44. The van der Waals surface area contributed by atoms with E-state index in [-0.39, 0.29) is 29.5 Å². The minimum atomic E-state index is -1.80. The van der Waals surface area contributed by atoms with Gasteiger partial charge in [0.15, 0.2) is 8.32 Å². The van der Waals surface area contributed by atoms with Crippen LogP contribution in [0.25, 0.3) is 0 Å². The first-order valence-electron chi connectivity index (χ1n) is 9.45. The SMILES string of the molecule is COC(=O)C/C=C/CC1(C(=O)OC)CCC(O[Si](C)(C)C(C)(C)C)CC1. The molecule has 0 bridgehead atoms. The van der Waals surface area contributed by atoms with Crippen LogP contribution < -0.4 is 0 Å². The van der Waals surface area contributed by atoms with Gasteiger partial charge >= 0.3 is 11.9 Å². The third-order valence-corrected chi connectivity index (χ3v) is 10.5. The Morgan fingerprint density at radius 3 is 2.12 bits per heavy atom. The van der Waals surface area contributed by atoms with Crippen LogP contribution in [0.2, 0.25) is 18.1 Å². The van der Waals surface area contributed by atoms with Crippen LogP contribution in [0, 0.1) is 5.41 Å². The molecule has 150 valence electrons. The van der Waals surface area contributed by atoms with E-state index in [2.05, 4.69) is 38.6 Å². The van der Waals surface area contributed by atoms with Gasteiger partial charge < -0.3 is 13.9 Å². The standard InChI is InChI=1S/C20H36O5Si/c1-19(2,3)26(6,7)25-16-11-14-20(15-12-16,18(22)24-5)13-9-8-10-17(21)23-4/h8-9,16H,10-15H2,1-7H3/b9-8+. The lowest BCUT2D eigenvalue weighted by atomic mass is 9.71. The second-order valence-electron chi connectivity index (χ2n) is 8.81. The summed E-state index contributed by atoms with van der Waals surface area (Å²) >= 11 is 0. The molecule has 1 fully saturated rings. The maximum absolute atomic E-state index is 12.4. The molecule has 1 aliphatic rings. The number of rotatable bonds is 7. The Bertz CT molecular complexity index is 511. The summed E-state index contributed by atoms with van der Waals surface area (Å²) in [4.78, 5) is 23.7. The molecule has 1 aliphatic carbocycles. The van der Waals surface area contributed by atoms with E-state index in [4.69, 9.17) is 9.16 Å². The molecule has 0 aromatic heterocycles. The van der Waals surface area contributed by atoms with Crippen molar-refractivity contribution in [2.45, 2.75) is 83.5 Å². The van der Waals surface area contributed by atoms with Crippen molar-refractivity contribution in [2.24, 2.45) is 5.41 Å². The molecule has 0 saturated heterocycles. The molecular weight excluding hydrogens is 348 g/mol. The quantitative estimate of drug-likeness (QED) is 0.364. The van der Waals surface area contributed by atoms with Crippen molar-refractivity contribution in [3.8, 4) is 0 Å². The van der Waals surface area contributed by atoms with Gasteiger partial charge in [0, 0.05) is 6.10 Å². The molecule has 1 rings (SSSR count). The van der Waals surface area contributed by atoms with Crippen molar-refractivity contribution in [3.63, 3.8) is 0 Å². The topological polar surface area (TPSA) is 61.8 Å². The number of carbonyl (C=O) groups is 2. The van der Waals surface area contributed by atoms with Gasteiger partial charge in [-0.25, -0.2) is 0 Å². The van der Waals surface area contributed by atoms with E-state index in [0.29, 0.717) is 6.42 Å². The van der Waals surface area contributed by atoms with Gasteiger partial charge in [0.25, 0.3) is 0 Å². The average Bonchev–Trinajstić information content (AvgIpc) is 2.58. The summed E-state index contributed by atoms with van der Waals surface area (Å²) in [5, 5.41) is 0.181. The molecule has 0 atom stereocenters. The van der Waals surface area contributed by atoms with Crippen LogP contribution in [0.3, 0.4) is 0 Å². The first-order valence-corrected chi connectivity index (χ1v) is 12.4. The van der Waals surface area contributed by atoms with Crippen molar-refractivity contribution in [1.82, 2.24) is 0 Å². The van der Waals surface area contributed by atoms with Crippen LogP contribution in [0.5, 0.6) is 0 Å². The maximum Gasteiger partial charge on any atom is 0.312 e. The molecule has 0 aromatic carbocycles. The predicted octanol–water partition coefficient (Wildman–Crippen LogP) is 4.62. The Morgan fingerprint density at radius 2 is 1.65 bits per heavy atom. The van der Waals surface area contributed by atoms with Crippen LogP contribution in [0.4, 0.5) is 0 Å². The fourth-order valence-electron chi connectivity index (χ4n) is 3.14. The lowest BCUT2D eigenvalue weighted by Gasteiger charge is -2.43. The lowest BCUT2D eigenvalue weighted by Crippen LogP contribution is -2.46. The van der Waals surface area contributed by atoms with Gasteiger partial charge in [-0.3, -0.25) is 9.59 Å². The summed E-state index contributed by atoms with van der Waals surface area (Å²) in [5.74, 6) is -0.439. The molecule has 26 heavy (non-hydrogen) atoms. The Labute approximate surface area is 159 Å². The average molecular weight is 385 g/mol. The van der Waals surface area contributed by atoms with Gasteiger partial charge in [0.1, 0.15) is 0 Å². The molecule has 0 amide bonds. The fourth-order valence-corrected chi connectivity index (χ4v) is 4.56. The number of hydrogen-bond donors (Lipinski definition) is 0. The summed E-state index contributed by atoms with van der Waals surface area (Å²) in [7, 11) is 1.01. The molecule has 0 radical (unpaired) electrons. The van der Waals surface area contributed by atoms with Gasteiger partial charge in [-0.15, -0.1) is 0 Å². The number of allylic oxidation sites excluding steroid dienone is 1. The molecule has 1 saturated carbocycles. The summed E-state index contributed by atoms with van der Waals surface area (Å²) in [5.41, 5.74) is -0.505. The first kappa shape index (κ1) is 22.9. The van der Waals surface area contributed by atoms with E-state index in [9.17, 15) is 9.59 Å². The molecular formula is C20H36O5Si. The van der Waals surface area contributed by atoms with Gasteiger partial charge in [0.05, 0.1) is 26.1 Å². The molecule has 0 unspecified atom stereocenters. The van der Waals surface area contributed by atoms with E-state index in [1.54, 1.807) is 6.08 Å². The third kappa shape index (κ3) is 5.95. The van der Waals surface area contributed by atoms with Crippen LogP contribution in [0.1, 0.15) is 59.3 Å². The van der Waals surface area contributed by atoms with E-state index in [1.165, 1.54) is 14.2 Å². The zero-order chi connectivity index (χ0) is 20.0. The zero-order valence-electron chi connectivity index (χ0n) is 17.5. The van der Waals surface area contributed by atoms with Gasteiger partial charge in [0.2, 0.25) is 0 Å². The van der Waals surface area contributed by atoms with Gasteiger partial charge in [-0.2, -0.15) is 0 Å². The number of esters is 2. The maximum atomic E-state index is 12.4. The van der Waals surface area contributed by atoms with Gasteiger partial charge in [-0.1, -0.05) is 32.9 Å². The molecule has 0 aliphatic heterocycles. The first-order chi connectivity index (χ1) is 12.0. The van der Waals surface area contributed by atoms with Crippen molar-refractivity contribution < 1.29 is 23.5 Å². The van der Waals surface area contributed by atoms with E-state index in [1.807, 2.05) is 6.08 Å². The van der Waals surface area contributed by atoms with Crippen LogP contribution in [0.15, 0.2) is 12.2 Å². The molecule has 0 spiro atoms. The largest absolute Gasteiger partial charge is 0.469 e. The summed E-state index contributed by atoms with van der Waals surface area (Å²) in [6, 6.07) is 0. The van der Waals surface area contributed by atoms with Crippen LogP contribution in [-0.4, -0.2) is 40.6 Å². The molecule has 6 heteroatoms.